The molecule has 1 fully saturated rings. The predicted octanol–water partition coefficient (Wildman–Crippen LogP) is -0.259. The highest BCUT2D eigenvalue weighted by molar-refractivity contribution is 5.92. The number of ether oxygens (including phenoxy) is 1. The van der Waals surface area contributed by atoms with Crippen molar-refractivity contribution >= 4 is 11.9 Å². The average molecular weight is 280 g/mol. The van der Waals surface area contributed by atoms with Crippen LogP contribution in [0.5, 0.6) is 0 Å². The Bertz CT molecular complexity index is 478. The van der Waals surface area contributed by atoms with Crippen LogP contribution >= 0.6 is 0 Å². The number of piperazine rings is 1. The lowest BCUT2D eigenvalue weighted by molar-refractivity contribution is -0.141. The second-order valence-electron chi connectivity index (χ2n) is 4.85. The average Bonchev–Trinajstić information content (AvgIpc) is 2.90. The number of rotatable bonds is 4. The molecule has 7 heteroatoms. The first-order valence-electron chi connectivity index (χ1n) is 6.66. The van der Waals surface area contributed by atoms with Crippen LogP contribution in [0.3, 0.4) is 0 Å². The molecule has 110 valence electrons. The zero-order chi connectivity index (χ0) is 14.5. The van der Waals surface area contributed by atoms with Gasteiger partial charge in [-0.25, -0.2) is 4.98 Å². The topological polar surface area (TPSA) is 67.7 Å². The number of hydrogen-bond acceptors (Lipinski definition) is 5. The molecule has 0 radical (unpaired) electrons. The molecule has 0 N–H and O–H groups in total. The Morgan fingerprint density at radius 3 is 2.55 bits per heavy atom. The predicted molar refractivity (Wildman–Crippen MR) is 72.2 cm³/mol. The summed E-state index contributed by atoms with van der Waals surface area (Å²) in [6, 6.07) is 0. The van der Waals surface area contributed by atoms with Gasteiger partial charge in [0.05, 0.1) is 26.1 Å². The Morgan fingerprint density at radius 1 is 1.30 bits per heavy atom. The van der Waals surface area contributed by atoms with E-state index in [1.807, 2.05) is 11.9 Å². The van der Waals surface area contributed by atoms with E-state index in [1.54, 1.807) is 17.1 Å². The Morgan fingerprint density at radius 2 is 2.00 bits per heavy atom. The standard InChI is InChI=1S/C13H20N4O3/c1-15-10-14-9-11(15)13(19)17-7-5-16(6-8-17)4-3-12(18)20-2/h9-10H,3-8H2,1-2H3. The second-order valence-corrected chi connectivity index (χ2v) is 4.85. The van der Waals surface area contributed by atoms with Crippen molar-refractivity contribution in [2.75, 3.05) is 39.8 Å². The molecular weight excluding hydrogens is 260 g/mol. The van der Waals surface area contributed by atoms with Crippen LogP contribution in [0.25, 0.3) is 0 Å². The van der Waals surface area contributed by atoms with Gasteiger partial charge in [-0.3, -0.25) is 14.5 Å². The number of amides is 1. The van der Waals surface area contributed by atoms with Gasteiger partial charge in [0.2, 0.25) is 0 Å². The highest BCUT2D eigenvalue weighted by Gasteiger charge is 2.23. The molecule has 0 saturated carbocycles. The quantitative estimate of drug-likeness (QED) is 0.711. The molecule has 0 aliphatic carbocycles. The van der Waals surface area contributed by atoms with Gasteiger partial charge in [-0.05, 0) is 0 Å². The van der Waals surface area contributed by atoms with Gasteiger partial charge in [-0.1, -0.05) is 0 Å². The highest BCUT2D eigenvalue weighted by atomic mass is 16.5. The molecule has 2 rings (SSSR count). The molecule has 1 aliphatic rings. The lowest BCUT2D eigenvalue weighted by Crippen LogP contribution is -2.49. The van der Waals surface area contributed by atoms with E-state index in [4.69, 9.17) is 0 Å². The Balaban J connectivity index is 1.81. The summed E-state index contributed by atoms with van der Waals surface area (Å²) in [7, 11) is 3.21. The Kier molecular flexibility index (Phi) is 4.73. The summed E-state index contributed by atoms with van der Waals surface area (Å²) in [6.07, 6.45) is 3.61. The molecule has 0 spiro atoms. The van der Waals surface area contributed by atoms with Gasteiger partial charge in [0.1, 0.15) is 5.69 Å². The largest absolute Gasteiger partial charge is 0.469 e. The van der Waals surface area contributed by atoms with Crippen molar-refractivity contribution in [3.8, 4) is 0 Å². The number of esters is 1. The van der Waals surface area contributed by atoms with Crippen LogP contribution in [0.1, 0.15) is 16.9 Å². The Labute approximate surface area is 118 Å². The van der Waals surface area contributed by atoms with E-state index in [2.05, 4.69) is 14.6 Å². The molecule has 20 heavy (non-hydrogen) atoms. The number of imidazole rings is 1. The van der Waals surface area contributed by atoms with Crippen LogP contribution < -0.4 is 0 Å². The molecule has 1 amide bonds. The van der Waals surface area contributed by atoms with Crippen molar-refractivity contribution in [3.05, 3.63) is 18.2 Å². The minimum absolute atomic E-state index is 0.0117. The highest BCUT2D eigenvalue weighted by Crippen LogP contribution is 2.08. The van der Waals surface area contributed by atoms with Crippen LogP contribution in [0.4, 0.5) is 0 Å². The molecule has 1 aromatic heterocycles. The summed E-state index contributed by atoms with van der Waals surface area (Å²) >= 11 is 0. The zero-order valence-electron chi connectivity index (χ0n) is 11.9. The summed E-state index contributed by atoms with van der Waals surface area (Å²) in [5, 5.41) is 0. The first-order valence-corrected chi connectivity index (χ1v) is 6.66. The fourth-order valence-electron chi connectivity index (χ4n) is 2.25. The number of methoxy groups -OCH3 is 1. The summed E-state index contributed by atoms with van der Waals surface area (Å²) in [5.41, 5.74) is 0.605. The summed E-state index contributed by atoms with van der Waals surface area (Å²) in [4.78, 5) is 31.3. The number of nitrogens with zero attached hydrogens (tertiary/aromatic N) is 4. The first kappa shape index (κ1) is 14.5. The third-order valence-corrected chi connectivity index (χ3v) is 3.56. The van der Waals surface area contributed by atoms with Gasteiger partial charge in [-0.2, -0.15) is 0 Å². The van der Waals surface area contributed by atoms with Crippen molar-refractivity contribution in [3.63, 3.8) is 0 Å². The molecule has 1 saturated heterocycles. The first-order chi connectivity index (χ1) is 9.61. The van der Waals surface area contributed by atoms with E-state index >= 15 is 0 Å². The lowest BCUT2D eigenvalue weighted by Gasteiger charge is -2.34. The summed E-state index contributed by atoms with van der Waals surface area (Å²) in [5.74, 6) is -0.184. The van der Waals surface area contributed by atoms with Gasteiger partial charge in [0.25, 0.3) is 5.91 Å². The van der Waals surface area contributed by atoms with Gasteiger partial charge in [0.15, 0.2) is 0 Å². The van der Waals surface area contributed by atoms with E-state index in [0.717, 1.165) is 13.1 Å². The molecule has 2 heterocycles. The van der Waals surface area contributed by atoms with Crippen LogP contribution in [0.2, 0.25) is 0 Å². The second kappa shape index (κ2) is 6.51. The van der Waals surface area contributed by atoms with Crippen molar-refractivity contribution in [2.45, 2.75) is 6.42 Å². The lowest BCUT2D eigenvalue weighted by atomic mass is 10.2. The maximum atomic E-state index is 12.3. The van der Waals surface area contributed by atoms with Crippen molar-refractivity contribution in [1.29, 1.82) is 0 Å². The number of carbonyl (C=O) groups is 2. The number of carbonyl (C=O) groups excluding carboxylic acids is 2. The Hall–Kier alpha value is -1.89. The van der Waals surface area contributed by atoms with Crippen molar-refractivity contribution in [1.82, 2.24) is 19.4 Å². The third-order valence-electron chi connectivity index (χ3n) is 3.56. The fraction of sp³-hybridized carbons (Fsp3) is 0.615. The molecule has 0 atom stereocenters. The number of hydrogen-bond donors (Lipinski definition) is 0. The van der Waals surface area contributed by atoms with Crippen LogP contribution in [-0.2, 0) is 16.6 Å². The van der Waals surface area contributed by atoms with Crippen molar-refractivity contribution < 1.29 is 14.3 Å². The monoisotopic (exact) mass is 280 g/mol. The van der Waals surface area contributed by atoms with E-state index in [1.165, 1.54) is 7.11 Å². The van der Waals surface area contributed by atoms with Gasteiger partial charge in [-0.15, -0.1) is 0 Å². The van der Waals surface area contributed by atoms with Gasteiger partial charge < -0.3 is 14.2 Å². The maximum Gasteiger partial charge on any atom is 0.306 e. The van der Waals surface area contributed by atoms with Crippen molar-refractivity contribution in [2.24, 2.45) is 7.05 Å². The van der Waals surface area contributed by atoms with Gasteiger partial charge in [0, 0.05) is 39.8 Å². The zero-order valence-corrected chi connectivity index (χ0v) is 11.9. The van der Waals surface area contributed by atoms with E-state index in [0.29, 0.717) is 31.7 Å². The van der Waals surface area contributed by atoms with E-state index < -0.39 is 0 Å². The molecule has 0 aromatic carbocycles. The van der Waals surface area contributed by atoms with Gasteiger partial charge >= 0.3 is 5.97 Å². The SMILES string of the molecule is COC(=O)CCN1CCN(C(=O)c2cncn2C)CC1. The van der Waals surface area contributed by atoms with Crippen LogP contribution in [0.15, 0.2) is 12.5 Å². The molecule has 7 nitrogen and oxygen atoms in total. The van der Waals surface area contributed by atoms with E-state index in [9.17, 15) is 9.59 Å². The molecular formula is C13H20N4O3. The smallest absolute Gasteiger partial charge is 0.306 e. The number of aromatic nitrogens is 2. The summed E-state index contributed by atoms with van der Waals surface area (Å²) in [6.45, 7) is 3.58. The van der Waals surface area contributed by atoms with Crippen LogP contribution in [0, 0.1) is 0 Å². The fourth-order valence-corrected chi connectivity index (χ4v) is 2.25. The summed E-state index contributed by atoms with van der Waals surface area (Å²) < 4.78 is 6.35. The molecule has 1 aliphatic heterocycles. The van der Waals surface area contributed by atoms with Crippen LogP contribution in [-0.4, -0.2) is 71.1 Å². The number of aryl methyl sites for hydroxylation is 1. The third kappa shape index (κ3) is 3.36. The molecule has 1 aromatic rings. The molecule has 0 bridgehead atoms. The maximum absolute atomic E-state index is 12.3. The minimum Gasteiger partial charge on any atom is -0.469 e. The minimum atomic E-state index is -0.196. The normalized spacial score (nSPS) is 16.2. The van der Waals surface area contributed by atoms with E-state index in [-0.39, 0.29) is 11.9 Å². The molecule has 0 unspecified atom stereocenters.